The third kappa shape index (κ3) is 2.49. The predicted molar refractivity (Wildman–Crippen MR) is 56.8 cm³/mol. The number of aromatic carboxylic acids is 1. The Bertz CT molecular complexity index is 663. The molecule has 0 aliphatic carbocycles. The Balaban J connectivity index is 2.41. The lowest BCUT2D eigenvalue weighted by Gasteiger charge is -2.07. The molecule has 0 radical (unpaired) electrons. The smallest absolute Gasteiger partial charge is 0.471 e. The molecule has 0 saturated heterocycles. The van der Waals surface area contributed by atoms with Crippen LogP contribution in [0.1, 0.15) is 10.4 Å². The molecule has 9 heteroatoms. The van der Waals surface area contributed by atoms with Crippen molar-refractivity contribution in [1.29, 1.82) is 0 Å². The van der Waals surface area contributed by atoms with Crippen LogP contribution in [0.25, 0.3) is 5.65 Å². The van der Waals surface area contributed by atoms with Gasteiger partial charge in [-0.2, -0.15) is 13.2 Å². The first-order chi connectivity index (χ1) is 8.79. The Kier molecular flexibility index (Phi) is 2.89. The Morgan fingerprint density at radius 1 is 1.32 bits per heavy atom. The van der Waals surface area contributed by atoms with Crippen molar-refractivity contribution in [3.05, 3.63) is 30.1 Å². The molecule has 0 aromatic carbocycles. The van der Waals surface area contributed by atoms with Crippen LogP contribution in [0.4, 0.5) is 19.0 Å². The summed E-state index contributed by atoms with van der Waals surface area (Å²) in [5.74, 6) is -3.67. The Morgan fingerprint density at radius 2 is 2.00 bits per heavy atom. The highest BCUT2D eigenvalue weighted by molar-refractivity contribution is 5.94. The van der Waals surface area contributed by atoms with E-state index in [4.69, 9.17) is 5.11 Å². The Morgan fingerprint density at radius 3 is 2.58 bits per heavy atom. The number of pyridine rings is 1. The molecule has 6 nitrogen and oxygen atoms in total. The van der Waals surface area contributed by atoms with Crippen LogP contribution < -0.4 is 5.32 Å². The van der Waals surface area contributed by atoms with E-state index in [1.807, 2.05) is 0 Å². The monoisotopic (exact) mass is 273 g/mol. The van der Waals surface area contributed by atoms with Gasteiger partial charge in [0.15, 0.2) is 0 Å². The predicted octanol–water partition coefficient (Wildman–Crippen LogP) is 1.53. The van der Waals surface area contributed by atoms with Gasteiger partial charge in [0.05, 0.1) is 11.8 Å². The number of nitrogens with zero attached hydrogens (tertiary/aromatic N) is 2. The second-order valence-corrected chi connectivity index (χ2v) is 3.55. The number of carbonyl (C=O) groups excluding carboxylic acids is 1. The summed E-state index contributed by atoms with van der Waals surface area (Å²) < 4.78 is 37.4. The van der Waals surface area contributed by atoms with Crippen LogP contribution in [0.15, 0.2) is 24.5 Å². The fraction of sp³-hybridized carbons (Fsp3) is 0.100. The average Bonchev–Trinajstić information content (AvgIpc) is 2.70. The van der Waals surface area contributed by atoms with Gasteiger partial charge >= 0.3 is 18.1 Å². The lowest BCUT2D eigenvalue weighted by atomic mass is 10.3. The fourth-order valence-electron chi connectivity index (χ4n) is 1.39. The highest BCUT2D eigenvalue weighted by atomic mass is 19.4. The highest BCUT2D eigenvalue weighted by Crippen LogP contribution is 2.19. The van der Waals surface area contributed by atoms with Gasteiger partial charge in [-0.3, -0.25) is 9.20 Å². The van der Waals surface area contributed by atoms with Crippen LogP contribution in [0.5, 0.6) is 0 Å². The zero-order valence-corrected chi connectivity index (χ0v) is 9.10. The van der Waals surface area contributed by atoms with E-state index in [1.165, 1.54) is 12.1 Å². The number of imidazole rings is 1. The van der Waals surface area contributed by atoms with E-state index >= 15 is 0 Å². The van der Waals surface area contributed by atoms with Gasteiger partial charge < -0.3 is 10.4 Å². The summed E-state index contributed by atoms with van der Waals surface area (Å²) in [5.41, 5.74) is 0.0653. The number of fused-ring (bicyclic) bond motifs is 1. The topological polar surface area (TPSA) is 83.7 Å². The minimum atomic E-state index is -5.03. The fourth-order valence-corrected chi connectivity index (χ4v) is 1.39. The third-order valence-electron chi connectivity index (χ3n) is 2.25. The first kappa shape index (κ1) is 12.9. The number of halogens is 3. The number of alkyl halides is 3. The van der Waals surface area contributed by atoms with Crippen molar-refractivity contribution in [2.75, 3.05) is 5.32 Å². The van der Waals surface area contributed by atoms with Crippen molar-refractivity contribution >= 4 is 23.3 Å². The van der Waals surface area contributed by atoms with Crippen LogP contribution in [0.3, 0.4) is 0 Å². The molecule has 0 fully saturated rings. The zero-order chi connectivity index (χ0) is 14.2. The molecule has 2 aromatic heterocycles. The summed E-state index contributed by atoms with van der Waals surface area (Å²) in [4.78, 5) is 25.3. The summed E-state index contributed by atoms with van der Waals surface area (Å²) in [6.07, 6.45) is -2.96. The molecule has 0 unspecified atom stereocenters. The Hall–Kier alpha value is -2.58. The number of amides is 1. The second-order valence-electron chi connectivity index (χ2n) is 3.55. The van der Waals surface area contributed by atoms with Crippen LogP contribution >= 0.6 is 0 Å². The van der Waals surface area contributed by atoms with Crippen LogP contribution in [-0.2, 0) is 4.79 Å². The van der Waals surface area contributed by atoms with E-state index in [9.17, 15) is 22.8 Å². The highest BCUT2D eigenvalue weighted by Gasteiger charge is 2.39. The van der Waals surface area contributed by atoms with E-state index in [0.29, 0.717) is 0 Å². The molecule has 2 rings (SSSR count). The number of carboxylic acid groups (broad SMARTS) is 1. The summed E-state index contributed by atoms with van der Waals surface area (Å²) in [6.45, 7) is 0. The molecule has 0 bridgehead atoms. The van der Waals surface area contributed by atoms with Gasteiger partial charge in [0.25, 0.3) is 0 Å². The lowest BCUT2D eigenvalue weighted by Crippen LogP contribution is -2.30. The van der Waals surface area contributed by atoms with Crippen molar-refractivity contribution < 1.29 is 27.9 Å². The summed E-state index contributed by atoms with van der Waals surface area (Å²) in [6, 6.07) is 2.56. The molecule has 0 spiro atoms. The molecule has 0 atom stereocenters. The lowest BCUT2D eigenvalue weighted by molar-refractivity contribution is -0.167. The minimum Gasteiger partial charge on any atom is -0.478 e. The Labute approximate surface area is 103 Å². The molecule has 2 N–H and O–H groups in total. The first-order valence-electron chi connectivity index (χ1n) is 4.87. The van der Waals surface area contributed by atoms with Gasteiger partial charge in [0.1, 0.15) is 11.5 Å². The molecular formula is C10H6F3N3O3. The molecule has 0 aliphatic rings. The number of aromatic nitrogens is 2. The third-order valence-corrected chi connectivity index (χ3v) is 2.25. The minimum absolute atomic E-state index is 0.145. The van der Waals surface area contributed by atoms with Crippen LogP contribution in [0, 0.1) is 0 Å². The number of hydrogen-bond acceptors (Lipinski definition) is 3. The van der Waals surface area contributed by atoms with Crippen molar-refractivity contribution in [2.24, 2.45) is 0 Å². The quantitative estimate of drug-likeness (QED) is 0.869. The van der Waals surface area contributed by atoms with Gasteiger partial charge in [0, 0.05) is 6.20 Å². The van der Waals surface area contributed by atoms with Gasteiger partial charge in [-0.15, -0.1) is 0 Å². The van der Waals surface area contributed by atoms with Gasteiger partial charge in [-0.1, -0.05) is 0 Å². The molecule has 1 amide bonds. The SMILES string of the molecule is O=C(O)c1ccc2ncc(NC(=O)C(F)(F)F)n2c1. The second kappa shape index (κ2) is 4.26. The number of hydrogen-bond donors (Lipinski definition) is 2. The molecule has 19 heavy (non-hydrogen) atoms. The number of anilines is 1. The number of rotatable bonds is 2. The van der Waals surface area contributed by atoms with Crippen molar-refractivity contribution in [3.63, 3.8) is 0 Å². The van der Waals surface area contributed by atoms with E-state index in [2.05, 4.69) is 4.98 Å². The maximum absolute atomic E-state index is 12.1. The van der Waals surface area contributed by atoms with Gasteiger partial charge in [-0.05, 0) is 12.1 Å². The molecule has 0 aliphatic heterocycles. The normalized spacial score (nSPS) is 11.5. The van der Waals surface area contributed by atoms with E-state index in [1.54, 1.807) is 5.32 Å². The molecule has 2 heterocycles. The standard InChI is InChI=1S/C10H6F3N3O3/c11-10(12,13)9(19)15-7-3-14-6-2-1-5(8(17)18)4-16(6)7/h1-4H,(H,15,19)(H,17,18). The van der Waals surface area contributed by atoms with Crippen molar-refractivity contribution in [2.45, 2.75) is 6.18 Å². The maximum Gasteiger partial charge on any atom is 0.471 e. The van der Waals surface area contributed by atoms with Gasteiger partial charge in [-0.25, -0.2) is 9.78 Å². The molecule has 0 saturated carbocycles. The van der Waals surface area contributed by atoms with E-state index < -0.39 is 18.1 Å². The average molecular weight is 273 g/mol. The number of nitrogens with one attached hydrogen (secondary N) is 1. The summed E-state index contributed by atoms with van der Waals surface area (Å²) >= 11 is 0. The molecule has 2 aromatic rings. The zero-order valence-electron chi connectivity index (χ0n) is 9.10. The van der Waals surface area contributed by atoms with Crippen LogP contribution in [-0.4, -0.2) is 32.5 Å². The van der Waals surface area contributed by atoms with E-state index in [-0.39, 0.29) is 17.0 Å². The van der Waals surface area contributed by atoms with Gasteiger partial charge in [0.2, 0.25) is 0 Å². The summed E-state index contributed by atoms with van der Waals surface area (Å²) in [5, 5.41) is 10.4. The molecule has 100 valence electrons. The summed E-state index contributed by atoms with van der Waals surface area (Å²) in [7, 11) is 0. The van der Waals surface area contributed by atoms with Crippen molar-refractivity contribution in [1.82, 2.24) is 9.38 Å². The maximum atomic E-state index is 12.1. The van der Waals surface area contributed by atoms with E-state index in [0.717, 1.165) is 16.8 Å². The number of carboxylic acids is 1. The largest absolute Gasteiger partial charge is 0.478 e. The van der Waals surface area contributed by atoms with Crippen LogP contribution in [0.2, 0.25) is 0 Å². The number of carbonyl (C=O) groups is 2. The van der Waals surface area contributed by atoms with Crippen molar-refractivity contribution in [3.8, 4) is 0 Å². The first-order valence-corrected chi connectivity index (χ1v) is 4.87. The molecular weight excluding hydrogens is 267 g/mol.